The van der Waals surface area contributed by atoms with Crippen molar-refractivity contribution in [2.45, 2.75) is 32.7 Å². The maximum Gasteiger partial charge on any atom is 0.0752 e. The van der Waals surface area contributed by atoms with Gasteiger partial charge in [-0.1, -0.05) is 13.8 Å². The first-order valence-corrected chi connectivity index (χ1v) is 6.66. The minimum Gasteiger partial charge on any atom is -0.369 e. The van der Waals surface area contributed by atoms with Crippen LogP contribution in [0.5, 0.6) is 0 Å². The zero-order chi connectivity index (χ0) is 12.3. The molecule has 0 aromatic carbocycles. The largest absolute Gasteiger partial charge is 0.369 e. The normalized spacial score (nSPS) is 26.6. The summed E-state index contributed by atoms with van der Waals surface area (Å²) >= 11 is 0. The molecule has 0 bridgehead atoms. The third-order valence-electron chi connectivity index (χ3n) is 3.58. The van der Waals surface area contributed by atoms with E-state index in [9.17, 15) is 0 Å². The maximum atomic E-state index is 4.27. The van der Waals surface area contributed by atoms with Crippen LogP contribution in [-0.4, -0.2) is 35.5 Å². The van der Waals surface area contributed by atoms with E-state index < -0.39 is 0 Å². The van der Waals surface area contributed by atoms with Gasteiger partial charge in [0.1, 0.15) is 0 Å². The molecule has 1 aromatic heterocycles. The van der Waals surface area contributed by atoms with Crippen LogP contribution in [0.25, 0.3) is 0 Å². The molecule has 0 amide bonds. The standard InChI is InChI=1S/C13H24N4/c1-4-12-5-6-17(9-11(2)7-14-12)13-8-15-16(3)10-13/h8,10-12,14H,4-7,9H2,1-3H3. The summed E-state index contributed by atoms with van der Waals surface area (Å²) < 4.78 is 1.88. The minimum atomic E-state index is 0.664. The van der Waals surface area contributed by atoms with Gasteiger partial charge in [-0.25, -0.2) is 0 Å². The van der Waals surface area contributed by atoms with E-state index in [1.165, 1.54) is 18.5 Å². The minimum absolute atomic E-state index is 0.664. The fourth-order valence-electron chi connectivity index (χ4n) is 2.47. The van der Waals surface area contributed by atoms with Crippen molar-refractivity contribution in [3.8, 4) is 0 Å². The molecular formula is C13H24N4. The topological polar surface area (TPSA) is 33.1 Å². The molecule has 1 fully saturated rings. The highest BCUT2D eigenvalue weighted by molar-refractivity contribution is 5.42. The van der Waals surface area contributed by atoms with Gasteiger partial charge in [0.2, 0.25) is 0 Å². The molecule has 0 aliphatic carbocycles. The molecular weight excluding hydrogens is 212 g/mol. The fraction of sp³-hybridized carbons (Fsp3) is 0.769. The van der Waals surface area contributed by atoms with Crippen molar-refractivity contribution in [3.05, 3.63) is 12.4 Å². The van der Waals surface area contributed by atoms with Gasteiger partial charge in [-0.3, -0.25) is 4.68 Å². The summed E-state index contributed by atoms with van der Waals surface area (Å²) in [5.74, 6) is 0.685. The van der Waals surface area contributed by atoms with E-state index in [4.69, 9.17) is 0 Å². The molecule has 1 aliphatic heterocycles. The van der Waals surface area contributed by atoms with Gasteiger partial charge in [0.15, 0.2) is 0 Å². The molecule has 1 saturated heterocycles. The molecule has 2 heterocycles. The van der Waals surface area contributed by atoms with Gasteiger partial charge in [0.05, 0.1) is 11.9 Å². The average Bonchev–Trinajstić information content (AvgIpc) is 2.71. The lowest BCUT2D eigenvalue weighted by molar-refractivity contribution is 0.388. The average molecular weight is 236 g/mol. The number of aryl methyl sites for hydroxylation is 1. The van der Waals surface area contributed by atoms with Crippen molar-refractivity contribution in [1.29, 1.82) is 0 Å². The van der Waals surface area contributed by atoms with Gasteiger partial charge < -0.3 is 10.2 Å². The number of nitrogens with one attached hydrogen (secondary N) is 1. The van der Waals surface area contributed by atoms with Crippen molar-refractivity contribution in [3.63, 3.8) is 0 Å². The van der Waals surface area contributed by atoms with Gasteiger partial charge in [0, 0.05) is 32.4 Å². The Morgan fingerprint density at radius 3 is 3.00 bits per heavy atom. The molecule has 0 spiro atoms. The Balaban J connectivity index is 2.05. The van der Waals surface area contributed by atoms with Crippen molar-refractivity contribution in [1.82, 2.24) is 15.1 Å². The van der Waals surface area contributed by atoms with Crippen molar-refractivity contribution < 1.29 is 0 Å². The summed E-state index contributed by atoms with van der Waals surface area (Å²) in [4.78, 5) is 2.47. The molecule has 0 saturated carbocycles. The number of aromatic nitrogens is 2. The second-order valence-electron chi connectivity index (χ2n) is 5.23. The molecule has 17 heavy (non-hydrogen) atoms. The first-order valence-electron chi connectivity index (χ1n) is 6.66. The van der Waals surface area contributed by atoms with Crippen LogP contribution in [0.3, 0.4) is 0 Å². The van der Waals surface area contributed by atoms with Crippen molar-refractivity contribution >= 4 is 5.69 Å². The van der Waals surface area contributed by atoms with Crippen LogP contribution in [0.1, 0.15) is 26.7 Å². The van der Waals surface area contributed by atoms with E-state index in [0.717, 1.165) is 19.6 Å². The van der Waals surface area contributed by atoms with E-state index in [-0.39, 0.29) is 0 Å². The molecule has 4 heteroatoms. The van der Waals surface area contributed by atoms with Crippen molar-refractivity contribution in [2.75, 3.05) is 24.5 Å². The maximum absolute atomic E-state index is 4.27. The summed E-state index contributed by atoms with van der Waals surface area (Å²) in [6.45, 7) is 7.94. The summed E-state index contributed by atoms with van der Waals surface area (Å²) in [5, 5.41) is 7.92. The summed E-state index contributed by atoms with van der Waals surface area (Å²) in [7, 11) is 1.98. The lowest BCUT2D eigenvalue weighted by Gasteiger charge is -2.32. The van der Waals surface area contributed by atoms with E-state index in [2.05, 4.69) is 35.4 Å². The summed E-state index contributed by atoms with van der Waals surface area (Å²) in [5.41, 5.74) is 1.26. The summed E-state index contributed by atoms with van der Waals surface area (Å²) in [6.07, 6.45) is 6.52. The van der Waals surface area contributed by atoms with Crippen LogP contribution in [0.15, 0.2) is 12.4 Å². The van der Waals surface area contributed by atoms with Crippen LogP contribution in [0.4, 0.5) is 5.69 Å². The van der Waals surface area contributed by atoms with Crippen LogP contribution >= 0.6 is 0 Å². The zero-order valence-electron chi connectivity index (χ0n) is 11.2. The molecule has 4 nitrogen and oxygen atoms in total. The van der Waals surface area contributed by atoms with Crippen LogP contribution < -0.4 is 10.2 Å². The number of anilines is 1. The Morgan fingerprint density at radius 2 is 2.35 bits per heavy atom. The molecule has 0 radical (unpaired) electrons. The molecule has 2 rings (SSSR count). The third kappa shape index (κ3) is 3.22. The molecule has 1 aliphatic rings. The third-order valence-corrected chi connectivity index (χ3v) is 3.58. The van der Waals surface area contributed by atoms with Crippen LogP contribution in [0.2, 0.25) is 0 Å². The molecule has 96 valence electrons. The van der Waals surface area contributed by atoms with E-state index in [1.54, 1.807) is 0 Å². The number of rotatable bonds is 2. The van der Waals surface area contributed by atoms with E-state index in [1.807, 2.05) is 17.9 Å². The predicted molar refractivity (Wildman–Crippen MR) is 71.3 cm³/mol. The quantitative estimate of drug-likeness (QED) is 0.847. The van der Waals surface area contributed by atoms with Gasteiger partial charge >= 0.3 is 0 Å². The monoisotopic (exact) mass is 236 g/mol. The van der Waals surface area contributed by atoms with Crippen molar-refractivity contribution in [2.24, 2.45) is 13.0 Å². The predicted octanol–water partition coefficient (Wildman–Crippen LogP) is 1.63. The highest BCUT2D eigenvalue weighted by Crippen LogP contribution is 2.17. The molecule has 1 aromatic rings. The van der Waals surface area contributed by atoms with Gasteiger partial charge in [-0.15, -0.1) is 0 Å². The Morgan fingerprint density at radius 1 is 1.53 bits per heavy atom. The SMILES string of the molecule is CCC1CCN(c2cnn(C)c2)CC(C)CN1. The van der Waals surface area contributed by atoms with Gasteiger partial charge in [-0.2, -0.15) is 5.10 Å². The number of hydrogen-bond acceptors (Lipinski definition) is 3. The second kappa shape index (κ2) is 5.54. The Kier molecular flexibility index (Phi) is 4.05. The van der Waals surface area contributed by atoms with Gasteiger partial charge in [0.25, 0.3) is 0 Å². The van der Waals surface area contributed by atoms with Gasteiger partial charge in [-0.05, 0) is 25.3 Å². The Hall–Kier alpha value is -1.03. The van der Waals surface area contributed by atoms with E-state index in [0.29, 0.717) is 12.0 Å². The smallest absolute Gasteiger partial charge is 0.0752 e. The first kappa shape index (κ1) is 12.4. The number of hydrogen-bond donors (Lipinski definition) is 1. The van der Waals surface area contributed by atoms with Crippen LogP contribution in [-0.2, 0) is 7.05 Å². The van der Waals surface area contributed by atoms with E-state index >= 15 is 0 Å². The zero-order valence-corrected chi connectivity index (χ0v) is 11.2. The molecule has 1 N–H and O–H groups in total. The first-order chi connectivity index (χ1) is 8.19. The molecule has 2 unspecified atom stereocenters. The highest BCUT2D eigenvalue weighted by atomic mass is 15.3. The number of nitrogens with zero attached hydrogens (tertiary/aromatic N) is 3. The second-order valence-corrected chi connectivity index (χ2v) is 5.23. The Bertz CT molecular complexity index is 347. The lowest BCUT2D eigenvalue weighted by atomic mass is 10.0. The summed E-state index contributed by atoms with van der Waals surface area (Å²) in [6, 6.07) is 0.664. The highest BCUT2D eigenvalue weighted by Gasteiger charge is 2.18. The Labute approximate surface area is 104 Å². The lowest BCUT2D eigenvalue weighted by Crippen LogP contribution is -2.43. The van der Waals surface area contributed by atoms with Crippen LogP contribution in [0, 0.1) is 5.92 Å². The fourth-order valence-corrected chi connectivity index (χ4v) is 2.47. The molecule has 2 atom stereocenters.